The lowest BCUT2D eigenvalue weighted by Crippen LogP contribution is -2.44. The molecule has 1 aromatic heterocycles. The second kappa shape index (κ2) is 9.57. The van der Waals surface area contributed by atoms with Crippen molar-refractivity contribution in [1.82, 2.24) is 15.1 Å². The molecule has 31 heavy (non-hydrogen) atoms. The van der Waals surface area contributed by atoms with Gasteiger partial charge in [0, 0.05) is 43.0 Å². The molecule has 1 amide bonds. The van der Waals surface area contributed by atoms with Crippen LogP contribution in [0.2, 0.25) is 0 Å². The minimum absolute atomic E-state index is 0.160. The van der Waals surface area contributed by atoms with E-state index in [-0.39, 0.29) is 5.91 Å². The third-order valence-electron chi connectivity index (χ3n) is 5.34. The van der Waals surface area contributed by atoms with Crippen molar-refractivity contribution in [3.63, 3.8) is 0 Å². The summed E-state index contributed by atoms with van der Waals surface area (Å²) in [7, 11) is 2.14. The number of hydrogen-bond acceptors (Lipinski definition) is 6. The molecule has 0 saturated carbocycles. The number of likely N-dealkylation sites (N-methyl/N-ethyl adjacent to an activating group) is 1. The van der Waals surface area contributed by atoms with Crippen LogP contribution in [0.5, 0.6) is 5.75 Å². The molecular weight excluding hydrogens is 390 g/mol. The molecule has 1 fully saturated rings. The second-order valence-electron chi connectivity index (χ2n) is 7.56. The number of amides is 1. The Balaban J connectivity index is 1.38. The highest BCUT2D eigenvalue weighted by molar-refractivity contribution is 6.04. The normalized spacial score (nSPS) is 14.3. The summed E-state index contributed by atoms with van der Waals surface area (Å²) in [6, 6.07) is 18.7. The van der Waals surface area contributed by atoms with Gasteiger partial charge in [-0.1, -0.05) is 12.1 Å². The molecule has 2 heterocycles. The van der Waals surface area contributed by atoms with Gasteiger partial charge in [0.1, 0.15) is 5.75 Å². The van der Waals surface area contributed by atoms with E-state index in [1.54, 1.807) is 24.3 Å². The third kappa shape index (κ3) is 5.19. The zero-order valence-electron chi connectivity index (χ0n) is 17.9. The van der Waals surface area contributed by atoms with Crippen molar-refractivity contribution in [1.29, 1.82) is 0 Å². The van der Waals surface area contributed by atoms with Gasteiger partial charge in [-0.15, -0.1) is 10.2 Å². The monoisotopic (exact) mass is 417 g/mol. The molecule has 0 unspecified atom stereocenters. The first-order valence-corrected chi connectivity index (χ1v) is 10.5. The van der Waals surface area contributed by atoms with Crippen LogP contribution >= 0.6 is 0 Å². The molecule has 1 aliphatic rings. The van der Waals surface area contributed by atoms with Gasteiger partial charge >= 0.3 is 0 Å². The zero-order valence-corrected chi connectivity index (χ0v) is 17.9. The Morgan fingerprint density at radius 1 is 0.935 bits per heavy atom. The van der Waals surface area contributed by atoms with Gasteiger partial charge in [0.25, 0.3) is 5.91 Å². The number of hydrogen-bond donors (Lipinski definition) is 1. The van der Waals surface area contributed by atoms with Gasteiger partial charge in [0.15, 0.2) is 5.82 Å². The number of carbonyl (C=O) groups excluding carboxylic acids is 1. The molecule has 1 aliphatic heterocycles. The maximum atomic E-state index is 12.5. The summed E-state index contributed by atoms with van der Waals surface area (Å²) in [6.07, 6.45) is 0. The fourth-order valence-electron chi connectivity index (χ4n) is 3.48. The summed E-state index contributed by atoms with van der Waals surface area (Å²) >= 11 is 0. The summed E-state index contributed by atoms with van der Waals surface area (Å²) < 4.78 is 5.41. The lowest BCUT2D eigenvalue weighted by Gasteiger charge is -2.32. The van der Waals surface area contributed by atoms with Crippen LogP contribution in [0.4, 0.5) is 11.5 Å². The van der Waals surface area contributed by atoms with Crippen molar-refractivity contribution in [3.8, 4) is 17.0 Å². The predicted molar refractivity (Wildman–Crippen MR) is 123 cm³/mol. The fourth-order valence-corrected chi connectivity index (χ4v) is 3.48. The average molecular weight is 418 g/mol. The molecule has 4 rings (SSSR count). The van der Waals surface area contributed by atoms with Crippen molar-refractivity contribution >= 4 is 17.4 Å². The molecule has 0 atom stereocenters. The highest BCUT2D eigenvalue weighted by atomic mass is 16.5. The van der Waals surface area contributed by atoms with Crippen LogP contribution in [0.25, 0.3) is 11.3 Å². The topological polar surface area (TPSA) is 70.6 Å². The van der Waals surface area contributed by atoms with E-state index in [1.807, 2.05) is 43.3 Å². The highest BCUT2D eigenvalue weighted by Gasteiger charge is 2.15. The predicted octanol–water partition coefficient (Wildman–Crippen LogP) is 3.55. The standard InChI is InChI=1S/C24H27N5O2/c1-3-31-21-10-6-19(7-11-21)24(30)25-20-8-4-18(5-9-20)22-12-13-23(27-26-22)29-16-14-28(2)15-17-29/h4-13H,3,14-17H2,1-2H3,(H,25,30). The Bertz CT molecular complexity index is 996. The zero-order chi connectivity index (χ0) is 21.6. The molecule has 7 heteroatoms. The van der Waals surface area contributed by atoms with Crippen LogP contribution in [0.15, 0.2) is 60.7 Å². The third-order valence-corrected chi connectivity index (χ3v) is 5.34. The number of piperazine rings is 1. The van der Waals surface area contributed by atoms with E-state index in [1.165, 1.54) is 0 Å². The lowest BCUT2D eigenvalue weighted by molar-refractivity contribution is 0.102. The molecule has 1 N–H and O–H groups in total. The van der Waals surface area contributed by atoms with Crippen LogP contribution in [-0.4, -0.2) is 60.8 Å². The molecule has 160 valence electrons. The SMILES string of the molecule is CCOc1ccc(C(=O)Nc2ccc(-c3ccc(N4CCN(C)CC4)nn3)cc2)cc1. The minimum atomic E-state index is -0.160. The molecular formula is C24H27N5O2. The average Bonchev–Trinajstić information content (AvgIpc) is 2.81. The Kier molecular flexibility index (Phi) is 6.43. The quantitative estimate of drug-likeness (QED) is 0.662. The molecule has 0 radical (unpaired) electrons. The van der Waals surface area contributed by atoms with Crippen LogP contribution < -0.4 is 15.0 Å². The Hall–Kier alpha value is -3.45. The smallest absolute Gasteiger partial charge is 0.255 e. The summed E-state index contributed by atoms with van der Waals surface area (Å²) in [4.78, 5) is 17.0. The van der Waals surface area contributed by atoms with E-state index in [9.17, 15) is 4.79 Å². The first-order valence-electron chi connectivity index (χ1n) is 10.5. The summed E-state index contributed by atoms with van der Waals surface area (Å²) in [5.41, 5.74) is 3.07. The second-order valence-corrected chi connectivity index (χ2v) is 7.56. The molecule has 3 aromatic rings. The molecule has 7 nitrogen and oxygen atoms in total. The number of nitrogens with one attached hydrogen (secondary N) is 1. The van der Waals surface area contributed by atoms with Gasteiger partial charge in [-0.25, -0.2) is 0 Å². The highest BCUT2D eigenvalue weighted by Crippen LogP contribution is 2.22. The first-order chi connectivity index (χ1) is 15.1. The largest absolute Gasteiger partial charge is 0.494 e. The Morgan fingerprint density at radius 2 is 1.65 bits per heavy atom. The Morgan fingerprint density at radius 3 is 2.26 bits per heavy atom. The van der Waals surface area contributed by atoms with Crippen molar-refractivity contribution < 1.29 is 9.53 Å². The molecule has 1 saturated heterocycles. The van der Waals surface area contributed by atoms with E-state index in [4.69, 9.17) is 4.74 Å². The van der Waals surface area contributed by atoms with Gasteiger partial charge in [-0.05, 0) is 62.5 Å². The van der Waals surface area contributed by atoms with Crippen molar-refractivity contribution in [2.75, 3.05) is 50.1 Å². The van der Waals surface area contributed by atoms with Gasteiger partial charge in [-0.3, -0.25) is 4.79 Å². The maximum Gasteiger partial charge on any atom is 0.255 e. The molecule has 0 spiro atoms. The maximum absolute atomic E-state index is 12.5. The van der Waals surface area contributed by atoms with E-state index in [0.717, 1.165) is 54.7 Å². The molecule has 2 aromatic carbocycles. The summed E-state index contributed by atoms with van der Waals surface area (Å²) in [6.45, 7) is 6.53. The first kappa shape index (κ1) is 20.8. The number of rotatable bonds is 6. The molecule has 0 bridgehead atoms. The van der Waals surface area contributed by atoms with Gasteiger partial charge in [-0.2, -0.15) is 0 Å². The van der Waals surface area contributed by atoms with Gasteiger partial charge < -0.3 is 19.9 Å². The fraction of sp³-hybridized carbons (Fsp3) is 0.292. The number of benzene rings is 2. The summed E-state index contributed by atoms with van der Waals surface area (Å²) in [5.74, 6) is 1.51. The van der Waals surface area contributed by atoms with Crippen molar-refractivity contribution in [3.05, 3.63) is 66.2 Å². The minimum Gasteiger partial charge on any atom is -0.494 e. The van der Waals surface area contributed by atoms with Crippen LogP contribution in [0.1, 0.15) is 17.3 Å². The number of ether oxygens (including phenoxy) is 1. The van der Waals surface area contributed by atoms with E-state index < -0.39 is 0 Å². The molecule has 0 aliphatic carbocycles. The van der Waals surface area contributed by atoms with Crippen molar-refractivity contribution in [2.45, 2.75) is 6.92 Å². The Labute approximate surface area is 182 Å². The van der Waals surface area contributed by atoms with Gasteiger partial charge in [0.2, 0.25) is 0 Å². The number of nitrogens with zero attached hydrogens (tertiary/aromatic N) is 4. The van der Waals surface area contributed by atoms with E-state index >= 15 is 0 Å². The number of carbonyl (C=O) groups is 1. The number of aromatic nitrogens is 2. The van der Waals surface area contributed by atoms with Crippen molar-refractivity contribution in [2.24, 2.45) is 0 Å². The van der Waals surface area contributed by atoms with Crippen LogP contribution in [0.3, 0.4) is 0 Å². The van der Waals surface area contributed by atoms with E-state index in [0.29, 0.717) is 12.2 Å². The van der Waals surface area contributed by atoms with Gasteiger partial charge in [0.05, 0.1) is 12.3 Å². The summed E-state index contributed by atoms with van der Waals surface area (Å²) in [5, 5.41) is 11.7. The van der Waals surface area contributed by atoms with Crippen LogP contribution in [0, 0.1) is 0 Å². The lowest BCUT2D eigenvalue weighted by atomic mass is 10.1. The van der Waals surface area contributed by atoms with E-state index in [2.05, 4.69) is 32.4 Å². The number of anilines is 2. The van der Waals surface area contributed by atoms with Crippen LogP contribution in [-0.2, 0) is 0 Å².